The average molecular weight is 286 g/mol. The van der Waals surface area contributed by atoms with Crippen LogP contribution in [0.25, 0.3) is 5.65 Å². The summed E-state index contributed by atoms with van der Waals surface area (Å²) in [5.41, 5.74) is 0.934. The van der Waals surface area contributed by atoms with Gasteiger partial charge in [-0.05, 0) is 6.42 Å². The van der Waals surface area contributed by atoms with Crippen molar-refractivity contribution in [3.05, 3.63) is 30.5 Å². The molecule has 3 heterocycles. The molecule has 6 heteroatoms. The first-order valence-corrected chi connectivity index (χ1v) is 7.29. The normalized spacial score (nSPS) is 29.9. The average Bonchev–Trinajstić information content (AvgIpc) is 3.11. The molecule has 0 bridgehead atoms. The largest absolute Gasteiger partial charge is 0.377 e. The molecule has 4 rings (SSSR count). The molecule has 2 aromatic rings. The molecule has 21 heavy (non-hydrogen) atoms. The maximum atomic E-state index is 12.6. The molecule has 1 saturated heterocycles. The van der Waals surface area contributed by atoms with Crippen LogP contribution in [-0.4, -0.2) is 39.0 Å². The number of carbonyl (C=O) groups is 1. The van der Waals surface area contributed by atoms with Crippen LogP contribution in [0.15, 0.2) is 24.8 Å². The summed E-state index contributed by atoms with van der Waals surface area (Å²) in [6.45, 7) is 5.08. The fourth-order valence-corrected chi connectivity index (χ4v) is 3.84. The quantitative estimate of drug-likeness (QED) is 0.903. The number of hydrogen-bond donors (Lipinski definition) is 1. The second-order valence-electron chi connectivity index (χ2n) is 6.45. The van der Waals surface area contributed by atoms with Crippen molar-refractivity contribution < 1.29 is 9.53 Å². The molecule has 1 aliphatic carbocycles. The standard InChI is InChI=1S/C15H18N4O2/c1-15(2)11(9-3-8-21-12(9)15)18-14(20)10-13-17-5-7-19(13)6-4-16-10/h4-7,9,11-12H,3,8H2,1-2H3,(H,18,20)/t9-,11+,12-/m0/s1. The summed E-state index contributed by atoms with van der Waals surface area (Å²) in [6.07, 6.45) is 8.16. The molecule has 3 atom stereocenters. The minimum Gasteiger partial charge on any atom is -0.377 e. The van der Waals surface area contributed by atoms with Crippen LogP contribution in [0, 0.1) is 11.3 Å². The zero-order chi connectivity index (χ0) is 14.6. The van der Waals surface area contributed by atoms with Gasteiger partial charge < -0.3 is 14.5 Å². The van der Waals surface area contributed by atoms with Crippen molar-refractivity contribution in [1.29, 1.82) is 0 Å². The van der Waals surface area contributed by atoms with Gasteiger partial charge in [0.15, 0.2) is 11.3 Å². The number of carbonyl (C=O) groups excluding carboxylic acids is 1. The SMILES string of the molecule is CC1(C)[C@H](NC(=O)c2nccn3ccnc23)[C@@H]2CCO[C@@H]21. The maximum Gasteiger partial charge on any atom is 0.274 e. The Morgan fingerprint density at radius 3 is 2.95 bits per heavy atom. The van der Waals surface area contributed by atoms with E-state index in [0.29, 0.717) is 17.3 Å². The summed E-state index contributed by atoms with van der Waals surface area (Å²) in [6, 6.07) is 0.134. The number of ether oxygens (including phenoxy) is 1. The van der Waals surface area contributed by atoms with Crippen molar-refractivity contribution in [3.63, 3.8) is 0 Å². The van der Waals surface area contributed by atoms with Crippen molar-refractivity contribution >= 4 is 11.6 Å². The second-order valence-corrected chi connectivity index (χ2v) is 6.45. The molecule has 1 aliphatic heterocycles. The molecule has 2 aliphatic rings. The van der Waals surface area contributed by atoms with Crippen molar-refractivity contribution in [1.82, 2.24) is 19.7 Å². The summed E-state index contributed by atoms with van der Waals surface area (Å²) in [5.74, 6) is 0.263. The molecule has 0 spiro atoms. The Kier molecular flexibility index (Phi) is 2.60. The predicted molar refractivity (Wildman–Crippen MR) is 75.9 cm³/mol. The van der Waals surface area contributed by atoms with E-state index in [1.165, 1.54) is 0 Å². The lowest BCUT2D eigenvalue weighted by Crippen LogP contribution is -2.66. The van der Waals surface area contributed by atoms with E-state index < -0.39 is 0 Å². The first-order chi connectivity index (χ1) is 10.1. The Balaban J connectivity index is 1.60. The number of fused-ring (bicyclic) bond motifs is 2. The first-order valence-electron chi connectivity index (χ1n) is 7.29. The first kappa shape index (κ1) is 12.8. The number of nitrogens with zero attached hydrogens (tertiary/aromatic N) is 3. The molecular weight excluding hydrogens is 268 g/mol. The summed E-state index contributed by atoms with van der Waals surface area (Å²) in [7, 11) is 0. The zero-order valence-electron chi connectivity index (χ0n) is 12.1. The van der Waals surface area contributed by atoms with Crippen molar-refractivity contribution in [2.24, 2.45) is 11.3 Å². The fraction of sp³-hybridized carbons (Fsp3) is 0.533. The molecule has 110 valence electrons. The summed E-state index contributed by atoms with van der Waals surface area (Å²) in [5, 5.41) is 3.14. The van der Waals surface area contributed by atoms with Crippen LogP contribution in [-0.2, 0) is 4.74 Å². The third-order valence-corrected chi connectivity index (χ3v) is 4.91. The lowest BCUT2D eigenvalue weighted by molar-refractivity contribution is -0.108. The lowest BCUT2D eigenvalue weighted by atomic mass is 9.57. The molecule has 2 fully saturated rings. The fourth-order valence-electron chi connectivity index (χ4n) is 3.84. The van der Waals surface area contributed by atoms with Crippen molar-refractivity contribution in [2.45, 2.75) is 32.4 Å². The molecule has 0 aromatic carbocycles. The Labute approximate surface area is 122 Å². The van der Waals surface area contributed by atoms with E-state index in [1.807, 2.05) is 6.20 Å². The highest BCUT2D eigenvalue weighted by Crippen LogP contribution is 2.52. The van der Waals surface area contributed by atoms with Gasteiger partial charge in [-0.3, -0.25) is 4.79 Å². The second kappa shape index (κ2) is 4.27. The number of hydrogen-bond acceptors (Lipinski definition) is 4. The third kappa shape index (κ3) is 1.72. The summed E-state index contributed by atoms with van der Waals surface area (Å²) in [4.78, 5) is 21.0. The highest BCUT2D eigenvalue weighted by atomic mass is 16.5. The topological polar surface area (TPSA) is 68.5 Å². The van der Waals surface area contributed by atoms with Gasteiger partial charge in [0.1, 0.15) is 0 Å². The van der Waals surface area contributed by atoms with Gasteiger partial charge in [0.05, 0.1) is 6.10 Å². The lowest BCUT2D eigenvalue weighted by Gasteiger charge is -2.54. The van der Waals surface area contributed by atoms with Gasteiger partial charge in [0.25, 0.3) is 5.91 Å². The number of aromatic nitrogens is 3. The molecule has 0 radical (unpaired) electrons. The summed E-state index contributed by atoms with van der Waals surface area (Å²) >= 11 is 0. The molecule has 1 amide bonds. The highest BCUT2D eigenvalue weighted by Gasteiger charge is 2.59. The van der Waals surface area contributed by atoms with E-state index >= 15 is 0 Å². The minimum atomic E-state index is -0.157. The molecule has 2 aromatic heterocycles. The Morgan fingerprint density at radius 1 is 1.38 bits per heavy atom. The van der Waals surface area contributed by atoms with E-state index in [4.69, 9.17) is 4.74 Å². The molecule has 1 N–H and O–H groups in total. The maximum absolute atomic E-state index is 12.6. The Morgan fingerprint density at radius 2 is 2.14 bits per heavy atom. The smallest absolute Gasteiger partial charge is 0.274 e. The van der Waals surface area contributed by atoms with Gasteiger partial charge in [-0.2, -0.15) is 0 Å². The predicted octanol–water partition coefficient (Wildman–Crippen LogP) is 1.27. The Hall–Kier alpha value is -1.95. The number of amides is 1. The monoisotopic (exact) mass is 286 g/mol. The van der Waals surface area contributed by atoms with E-state index in [0.717, 1.165) is 13.0 Å². The van der Waals surface area contributed by atoms with Gasteiger partial charge in [-0.25, -0.2) is 9.97 Å². The molecule has 6 nitrogen and oxygen atoms in total. The van der Waals surface area contributed by atoms with Crippen LogP contribution in [0.1, 0.15) is 30.8 Å². The minimum absolute atomic E-state index is 0.0304. The van der Waals surface area contributed by atoms with Gasteiger partial charge >= 0.3 is 0 Å². The molecule has 1 saturated carbocycles. The van der Waals surface area contributed by atoms with Crippen LogP contribution in [0.3, 0.4) is 0 Å². The van der Waals surface area contributed by atoms with E-state index in [2.05, 4.69) is 29.1 Å². The van der Waals surface area contributed by atoms with Crippen molar-refractivity contribution in [2.75, 3.05) is 6.61 Å². The van der Waals surface area contributed by atoms with Crippen LogP contribution in [0.5, 0.6) is 0 Å². The van der Waals surface area contributed by atoms with Crippen molar-refractivity contribution in [3.8, 4) is 0 Å². The number of imidazole rings is 1. The summed E-state index contributed by atoms with van der Waals surface area (Å²) < 4.78 is 7.56. The molecular formula is C15H18N4O2. The van der Waals surface area contributed by atoms with Crippen LogP contribution in [0.4, 0.5) is 0 Å². The zero-order valence-corrected chi connectivity index (χ0v) is 12.1. The number of rotatable bonds is 2. The molecule has 0 unspecified atom stereocenters. The van der Waals surface area contributed by atoms with Crippen LogP contribution < -0.4 is 5.32 Å². The highest BCUT2D eigenvalue weighted by molar-refractivity contribution is 5.98. The van der Waals surface area contributed by atoms with Gasteiger partial charge in [-0.1, -0.05) is 13.8 Å². The number of nitrogens with one attached hydrogen (secondary N) is 1. The van der Waals surface area contributed by atoms with Crippen LogP contribution in [0.2, 0.25) is 0 Å². The third-order valence-electron chi connectivity index (χ3n) is 4.91. The van der Waals surface area contributed by atoms with E-state index in [9.17, 15) is 4.79 Å². The van der Waals surface area contributed by atoms with Gasteiger partial charge in [-0.15, -0.1) is 0 Å². The Bertz CT molecular complexity index is 709. The van der Waals surface area contributed by atoms with E-state index in [-0.39, 0.29) is 23.5 Å². The van der Waals surface area contributed by atoms with Gasteiger partial charge in [0, 0.05) is 48.8 Å². The van der Waals surface area contributed by atoms with E-state index in [1.54, 1.807) is 23.0 Å². The van der Waals surface area contributed by atoms with Crippen LogP contribution >= 0.6 is 0 Å². The van der Waals surface area contributed by atoms with Gasteiger partial charge in [0.2, 0.25) is 0 Å².